The molecule has 4 aromatic rings. The molecule has 0 fully saturated rings. The molecular formula is C32H38N4O3S2. The summed E-state index contributed by atoms with van der Waals surface area (Å²) < 4.78 is 30.2. The summed E-state index contributed by atoms with van der Waals surface area (Å²) in [6.45, 7) is 13.0. The van der Waals surface area contributed by atoms with Crippen molar-refractivity contribution in [3.05, 3.63) is 89.5 Å². The van der Waals surface area contributed by atoms with E-state index >= 15 is 0 Å². The fraction of sp³-hybridized carbons (Fsp3) is 0.344. The SMILES string of the molecule is CCN(CC)S(=O)(=O)c1cccc(-c2nnc(SCC(=O)c3ccccc3)n2-c2c(C(C)C)cccc2C(C)C)c1. The number of hydrogen-bond donors (Lipinski definition) is 0. The number of thioether (sulfide) groups is 1. The van der Waals surface area contributed by atoms with Crippen molar-refractivity contribution in [3.63, 3.8) is 0 Å². The van der Waals surface area contributed by atoms with Crippen LogP contribution in [0.1, 0.15) is 74.9 Å². The molecule has 0 spiro atoms. The largest absolute Gasteiger partial charge is 0.293 e. The zero-order valence-corrected chi connectivity index (χ0v) is 26.2. The van der Waals surface area contributed by atoms with Crippen molar-refractivity contribution in [1.29, 1.82) is 0 Å². The summed E-state index contributed by atoms with van der Waals surface area (Å²) in [5.74, 6) is 1.14. The molecule has 0 atom stereocenters. The highest BCUT2D eigenvalue weighted by molar-refractivity contribution is 7.99. The Hall–Kier alpha value is -3.27. The van der Waals surface area contributed by atoms with Crippen molar-refractivity contribution >= 4 is 27.6 Å². The van der Waals surface area contributed by atoms with Crippen LogP contribution in [-0.4, -0.2) is 52.1 Å². The number of benzene rings is 3. The predicted molar refractivity (Wildman–Crippen MR) is 167 cm³/mol. The Kier molecular flexibility index (Phi) is 9.84. The van der Waals surface area contributed by atoms with Crippen LogP contribution in [0.4, 0.5) is 0 Å². The monoisotopic (exact) mass is 590 g/mol. The van der Waals surface area contributed by atoms with Crippen LogP contribution in [0.2, 0.25) is 0 Å². The molecule has 41 heavy (non-hydrogen) atoms. The highest BCUT2D eigenvalue weighted by atomic mass is 32.2. The van der Waals surface area contributed by atoms with E-state index in [0.717, 1.165) is 16.8 Å². The summed E-state index contributed by atoms with van der Waals surface area (Å²) in [6.07, 6.45) is 0. The molecule has 0 aliphatic carbocycles. The Bertz CT molecular complexity index is 1580. The molecule has 0 aliphatic rings. The lowest BCUT2D eigenvalue weighted by Crippen LogP contribution is -2.30. The molecule has 216 valence electrons. The average Bonchev–Trinajstić information content (AvgIpc) is 3.40. The summed E-state index contributed by atoms with van der Waals surface area (Å²) in [6, 6.07) is 22.4. The van der Waals surface area contributed by atoms with Gasteiger partial charge in [-0.15, -0.1) is 10.2 Å². The van der Waals surface area contributed by atoms with Crippen molar-refractivity contribution in [1.82, 2.24) is 19.1 Å². The zero-order valence-electron chi connectivity index (χ0n) is 24.5. The Morgan fingerprint density at radius 2 is 1.46 bits per heavy atom. The molecule has 0 bridgehead atoms. The Balaban J connectivity index is 1.91. The van der Waals surface area contributed by atoms with Crippen LogP contribution < -0.4 is 0 Å². The third-order valence-electron chi connectivity index (χ3n) is 7.06. The van der Waals surface area contributed by atoms with Crippen LogP contribution in [0.5, 0.6) is 0 Å². The molecule has 0 amide bonds. The van der Waals surface area contributed by atoms with Crippen molar-refractivity contribution in [2.45, 2.75) is 63.4 Å². The lowest BCUT2D eigenvalue weighted by Gasteiger charge is -2.23. The fourth-order valence-electron chi connectivity index (χ4n) is 4.87. The molecule has 1 heterocycles. The summed E-state index contributed by atoms with van der Waals surface area (Å²) in [7, 11) is -3.67. The number of hydrogen-bond acceptors (Lipinski definition) is 6. The number of nitrogens with zero attached hydrogens (tertiary/aromatic N) is 4. The van der Waals surface area contributed by atoms with Gasteiger partial charge in [-0.25, -0.2) is 8.42 Å². The van der Waals surface area contributed by atoms with E-state index in [1.807, 2.05) is 54.8 Å². The van der Waals surface area contributed by atoms with Gasteiger partial charge < -0.3 is 0 Å². The Morgan fingerprint density at radius 1 is 0.854 bits per heavy atom. The predicted octanol–water partition coefficient (Wildman–Crippen LogP) is 7.19. The Labute approximate surface area is 248 Å². The van der Waals surface area contributed by atoms with Gasteiger partial charge in [-0.2, -0.15) is 4.31 Å². The number of ketones is 1. The first-order valence-corrected chi connectivity index (χ1v) is 16.4. The maximum Gasteiger partial charge on any atom is 0.243 e. The van der Waals surface area contributed by atoms with Crippen LogP contribution >= 0.6 is 11.8 Å². The van der Waals surface area contributed by atoms with E-state index in [2.05, 4.69) is 56.1 Å². The lowest BCUT2D eigenvalue weighted by atomic mass is 9.92. The number of Topliss-reactive ketones (excluding diaryl/α,β-unsaturated/α-hetero) is 1. The topological polar surface area (TPSA) is 85.2 Å². The van der Waals surface area contributed by atoms with Crippen LogP contribution in [0.3, 0.4) is 0 Å². The fourth-order valence-corrected chi connectivity index (χ4v) is 7.20. The van der Waals surface area contributed by atoms with Gasteiger partial charge in [-0.05, 0) is 35.1 Å². The number of para-hydroxylation sites is 1. The third kappa shape index (κ3) is 6.47. The highest BCUT2D eigenvalue weighted by Crippen LogP contribution is 2.37. The third-order valence-corrected chi connectivity index (χ3v) is 10.0. The standard InChI is InChI=1S/C32H38N4O3S2/c1-7-35(8-2)41(38,39)26-17-12-16-25(20-26)31-33-34-32(40-21-29(37)24-14-10-9-11-15-24)36(31)30-27(22(3)4)18-13-19-28(30)23(5)6/h9-20,22-23H,7-8,21H2,1-6H3. The summed E-state index contributed by atoms with van der Waals surface area (Å²) in [5.41, 5.74) is 4.51. The number of carbonyl (C=O) groups excluding carboxylic acids is 1. The molecule has 0 radical (unpaired) electrons. The van der Waals surface area contributed by atoms with E-state index in [9.17, 15) is 13.2 Å². The van der Waals surface area contributed by atoms with Crippen LogP contribution in [0, 0.1) is 0 Å². The Morgan fingerprint density at radius 3 is 2.05 bits per heavy atom. The summed E-state index contributed by atoms with van der Waals surface area (Å²) in [5, 5.41) is 9.73. The minimum atomic E-state index is -3.67. The van der Waals surface area contributed by atoms with Gasteiger partial charge >= 0.3 is 0 Å². The first-order chi connectivity index (χ1) is 19.6. The maximum atomic E-state index is 13.4. The van der Waals surface area contributed by atoms with Crippen molar-refractivity contribution in [2.75, 3.05) is 18.8 Å². The van der Waals surface area contributed by atoms with Crippen molar-refractivity contribution in [2.24, 2.45) is 0 Å². The second-order valence-corrected chi connectivity index (χ2v) is 13.3. The maximum absolute atomic E-state index is 13.4. The van der Waals surface area contributed by atoms with E-state index in [0.29, 0.717) is 35.2 Å². The smallest absolute Gasteiger partial charge is 0.243 e. The normalized spacial score (nSPS) is 12.0. The van der Waals surface area contributed by atoms with Gasteiger partial charge in [0.05, 0.1) is 16.3 Å². The minimum Gasteiger partial charge on any atom is -0.293 e. The molecule has 0 N–H and O–H groups in total. The van der Waals surface area contributed by atoms with Gasteiger partial charge in [0.25, 0.3) is 0 Å². The highest BCUT2D eigenvalue weighted by Gasteiger charge is 2.26. The number of carbonyl (C=O) groups is 1. The van der Waals surface area contributed by atoms with Gasteiger partial charge in [0.15, 0.2) is 16.8 Å². The lowest BCUT2D eigenvalue weighted by molar-refractivity contribution is 0.102. The first kappa shape index (κ1) is 30.7. The number of sulfonamides is 1. The molecule has 0 aliphatic heterocycles. The summed E-state index contributed by atoms with van der Waals surface area (Å²) >= 11 is 1.34. The van der Waals surface area contributed by atoms with Gasteiger partial charge in [0.1, 0.15) is 0 Å². The van der Waals surface area contributed by atoms with Crippen LogP contribution in [-0.2, 0) is 10.0 Å². The van der Waals surface area contributed by atoms with E-state index < -0.39 is 10.0 Å². The molecular weight excluding hydrogens is 553 g/mol. The molecule has 1 aromatic heterocycles. The van der Waals surface area contributed by atoms with E-state index in [1.54, 1.807) is 18.2 Å². The van der Waals surface area contributed by atoms with Gasteiger partial charge in [-0.1, -0.05) is 114 Å². The molecule has 0 unspecified atom stereocenters. The summed E-state index contributed by atoms with van der Waals surface area (Å²) in [4.78, 5) is 13.2. The molecule has 4 rings (SSSR count). The quantitative estimate of drug-likeness (QED) is 0.128. The molecule has 0 saturated heterocycles. The minimum absolute atomic E-state index is 0.000223. The second kappa shape index (κ2) is 13.1. The second-order valence-electron chi connectivity index (χ2n) is 10.4. The van der Waals surface area contributed by atoms with Gasteiger partial charge in [-0.3, -0.25) is 9.36 Å². The van der Waals surface area contributed by atoms with Crippen molar-refractivity contribution < 1.29 is 13.2 Å². The number of rotatable bonds is 12. The zero-order chi connectivity index (χ0) is 29.7. The van der Waals surface area contributed by atoms with E-state index in [4.69, 9.17) is 0 Å². The van der Waals surface area contributed by atoms with E-state index in [-0.39, 0.29) is 28.3 Å². The number of aromatic nitrogens is 3. The van der Waals surface area contributed by atoms with Crippen molar-refractivity contribution in [3.8, 4) is 17.1 Å². The van der Waals surface area contributed by atoms with Gasteiger partial charge in [0, 0.05) is 24.2 Å². The molecule has 9 heteroatoms. The molecule has 7 nitrogen and oxygen atoms in total. The first-order valence-electron chi connectivity index (χ1n) is 14.0. The van der Waals surface area contributed by atoms with E-state index in [1.165, 1.54) is 16.1 Å². The van der Waals surface area contributed by atoms with Crippen LogP contribution in [0.15, 0.2) is 82.8 Å². The van der Waals surface area contributed by atoms with Crippen LogP contribution in [0.25, 0.3) is 17.1 Å². The molecule has 0 saturated carbocycles. The van der Waals surface area contributed by atoms with Gasteiger partial charge in [0.2, 0.25) is 10.0 Å². The average molecular weight is 591 g/mol. The molecule has 3 aromatic carbocycles.